The van der Waals surface area contributed by atoms with Crippen molar-refractivity contribution < 1.29 is 9.53 Å². The van der Waals surface area contributed by atoms with Crippen LogP contribution in [0.5, 0.6) is 0 Å². The third-order valence-electron chi connectivity index (χ3n) is 1.16. The van der Waals surface area contributed by atoms with Gasteiger partial charge in [-0.2, -0.15) is 0 Å². The van der Waals surface area contributed by atoms with Crippen molar-refractivity contribution in [2.45, 2.75) is 34.1 Å². The predicted octanol–water partition coefficient (Wildman–Crippen LogP) is 2.50. The van der Waals surface area contributed by atoms with E-state index in [1.165, 1.54) is 13.2 Å². The Labute approximate surface area is 68.2 Å². The van der Waals surface area contributed by atoms with E-state index in [9.17, 15) is 4.79 Å². The average molecular weight is 156 g/mol. The van der Waals surface area contributed by atoms with Gasteiger partial charge in [-0.05, 0) is 24.8 Å². The molecule has 0 aliphatic heterocycles. The molecule has 0 heterocycles. The number of carbonyl (C=O) groups excluding carboxylic acids is 1. The average Bonchev–Trinajstić information content (AvgIpc) is 1.82. The number of carbonyl (C=O) groups is 1. The van der Waals surface area contributed by atoms with Crippen LogP contribution in [0, 0.1) is 5.92 Å². The number of rotatable bonds is 3. The van der Waals surface area contributed by atoms with Crippen molar-refractivity contribution in [2.75, 3.05) is 0 Å². The first kappa shape index (κ1) is 10.2. The Morgan fingerprint density at radius 2 is 2.00 bits per heavy atom. The molecule has 0 aromatic rings. The van der Waals surface area contributed by atoms with Crippen LogP contribution in [0.3, 0.4) is 0 Å². The lowest BCUT2D eigenvalue weighted by atomic mass is 10.1. The minimum absolute atomic E-state index is 0.256. The summed E-state index contributed by atoms with van der Waals surface area (Å²) in [7, 11) is 0. The van der Waals surface area contributed by atoms with Crippen molar-refractivity contribution in [1.29, 1.82) is 0 Å². The molecule has 0 rings (SSSR count). The molecule has 0 aromatic carbocycles. The molecule has 0 saturated carbocycles. The second-order valence-corrected chi connectivity index (χ2v) is 3.17. The maximum Gasteiger partial charge on any atom is 0.307 e. The van der Waals surface area contributed by atoms with Gasteiger partial charge in [0.2, 0.25) is 0 Å². The van der Waals surface area contributed by atoms with Gasteiger partial charge in [0.1, 0.15) is 0 Å². The number of hydrogen-bond donors (Lipinski definition) is 0. The summed E-state index contributed by atoms with van der Waals surface area (Å²) < 4.78 is 4.70. The molecule has 0 aliphatic carbocycles. The molecule has 0 unspecified atom stereocenters. The maximum absolute atomic E-state index is 10.4. The fourth-order valence-electron chi connectivity index (χ4n) is 0.876. The van der Waals surface area contributed by atoms with Crippen molar-refractivity contribution in [3.8, 4) is 0 Å². The standard InChI is InChI=1S/C9H16O2/c1-7(2)5-8(3)6-11-9(4)10/h6-7H,5H2,1-4H3. The molecule has 11 heavy (non-hydrogen) atoms. The summed E-state index contributed by atoms with van der Waals surface area (Å²) in [4.78, 5) is 10.4. The van der Waals surface area contributed by atoms with E-state index in [1.54, 1.807) is 0 Å². The zero-order valence-electron chi connectivity index (χ0n) is 7.68. The Morgan fingerprint density at radius 3 is 2.36 bits per heavy atom. The summed E-state index contributed by atoms with van der Waals surface area (Å²) in [6.45, 7) is 7.62. The van der Waals surface area contributed by atoms with Gasteiger partial charge in [-0.15, -0.1) is 0 Å². The molecular formula is C9H16O2. The summed E-state index contributed by atoms with van der Waals surface area (Å²) in [5.41, 5.74) is 1.11. The molecule has 2 nitrogen and oxygen atoms in total. The van der Waals surface area contributed by atoms with Gasteiger partial charge in [0, 0.05) is 6.92 Å². The van der Waals surface area contributed by atoms with Gasteiger partial charge in [0.15, 0.2) is 0 Å². The minimum Gasteiger partial charge on any atom is -0.435 e. The Morgan fingerprint density at radius 1 is 1.45 bits per heavy atom. The highest BCUT2D eigenvalue weighted by molar-refractivity contribution is 5.66. The van der Waals surface area contributed by atoms with Crippen LogP contribution in [0.4, 0.5) is 0 Å². The van der Waals surface area contributed by atoms with Crippen LogP contribution in [-0.2, 0) is 9.53 Å². The molecular weight excluding hydrogens is 140 g/mol. The van der Waals surface area contributed by atoms with E-state index < -0.39 is 0 Å². The summed E-state index contributed by atoms with van der Waals surface area (Å²) >= 11 is 0. The lowest BCUT2D eigenvalue weighted by Crippen LogP contribution is -1.93. The normalized spacial score (nSPS) is 11.9. The highest BCUT2D eigenvalue weighted by Crippen LogP contribution is 2.09. The molecule has 0 aliphatic rings. The molecule has 0 amide bonds. The predicted molar refractivity (Wildman–Crippen MR) is 45.0 cm³/mol. The smallest absolute Gasteiger partial charge is 0.307 e. The Kier molecular flexibility index (Phi) is 4.59. The van der Waals surface area contributed by atoms with Crippen molar-refractivity contribution >= 4 is 5.97 Å². The fraction of sp³-hybridized carbons (Fsp3) is 0.667. The molecule has 0 N–H and O–H groups in total. The molecule has 0 atom stereocenters. The van der Waals surface area contributed by atoms with E-state index in [4.69, 9.17) is 4.74 Å². The monoisotopic (exact) mass is 156 g/mol. The Hall–Kier alpha value is -0.790. The van der Waals surface area contributed by atoms with E-state index in [0.29, 0.717) is 5.92 Å². The third kappa shape index (κ3) is 7.10. The lowest BCUT2D eigenvalue weighted by Gasteiger charge is -2.03. The van der Waals surface area contributed by atoms with Crippen LogP contribution in [0.15, 0.2) is 11.8 Å². The Bertz CT molecular complexity index is 157. The zero-order valence-corrected chi connectivity index (χ0v) is 7.68. The van der Waals surface area contributed by atoms with E-state index in [-0.39, 0.29) is 5.97 Å². The summed E-state index contributed by atoms with van der Waals surface area (Å²) in [5.74, 6) is 0.356. The second kappa shape index (κ2) is 4.94. The first-order valence-corrected chi connectivity index (χ1v) is 3.85. The quantitative estimate of drug-likeness (QED) is 0.463. The number of hydrogen-bond acceptors (Lipinski definition) is 2. The SMILES string of the molecule is CC(=O)OC=C(C)CC(C)C. The van der Waals surface area contributed by atoms with E-state index in [0.717, 1.165) is 12.0 Å². The molecule has 0 saturated heterocycles. The molecule has 0 fully saturated rings. The Balaban J connectivity index is 3.72. The summed E-state index contributed by atoms with van der Waals surface area (Å²) in [5, 5.41) is 0. The highest BCUT2D eigenvalue weighted by Gasteiger charge is 1.96. The van der Waals surface area contributed by atoms with Crippen LogP contribution in [0.25, 0.3) is 0 Å². The van der Waals surface area contributed by atoms with Crippen molar-refractivity contribution in [3.63, 3.8) is 0 Å². The van der Waals surface area contributed by atoms with E-state index >= 15 is 0 Å². The van der Waals surface area contributed by atoms with Crippen molar-refractivity contribution in [1.82, 2.24) is 0 Å². The molecule has 2 heteroatoms. The maximum atomic E-state index is 10.4. The van der Waals surface area contributed by atoms with Gasteiger partial charge in [-0.1, -0.05) is 13.8 Å². The first-order valence-electron chi connectivity index (χ1n) is 3.85. The molecule has 0 radical (unpaired) electrons. The van der Waals surface area contributed by atoms with Crippen molar-refractivity contribution in [3.05, 3.63) is 11.8 Å². The molecule has 0 bridgehead atoms. The second-order valence-electron chi connectivity index (χ2n) is 3.17. The zero-order chi connectivity index (χ0) is 8.85. The number of ether oxygens (including phenoxy) is 1. The fourth-order valence-corrected chi connectivity index (χ4v) is 0.876. The largest absolute Gasteiger partial charge is 0.435 e. The van der Waals surface area contributed by atoms with Gasteiger partial charge >= 0.3 is 5.97 Å². The first-order chi connectivity index (χ1) is 5.02. The topological polar surface area (TPSA) is 26.3 Å². The number of allylic oxidation sites excluding steroid dienone is 1. The van der Waals surface area contributed by atoms with Crippen LogP contribution in [-0.4, -0.2) is 5.97 Å². The van der Waals surface area contributed by atoms with Crippen LogP contribution in [0.1, 0.15) is 34.1 Å². The van der Waals surface area contributed by atoms with Gasteiger partial charge in [0.05, 0.1) is 6.26 Å². The summed E-state index contributed by atoms with van der Waals surface area (Å²) in [6, 6.07) is 0. The van der Waals surface area contributed by atoms with Gasteiger partial charge in [0.25, 0.3) is 0 Å². The molecule has 0 spiro atoms. The highest BCUT2D eigenvalue weighted by atomic mass is 16.5. The molecule has 64 valence electrons. The van der Waals surface area contributed by atoms with Gasteiger partial charge in [-0.25, -0.2) is 0 Å². The third-order valence-corrected chi connectivity index (χ3v) is 1.16. The summed E-state index contributed by atoms with van der Waals surface area (Å²) in [6.07, 6.45) is 2.51. The minimum atomic E-state index is -0.256. The number of esters is 1. The van der Waals surface area contributed by atoms with E-state index in [2.05, 4.69) is 13.8 Å². The van der Waals surface area contributed by atoms with Crippen LogP contribution >= 0.6 is 0 Å². The lowest BCUT2D eigenvalue weighted by molar-refractivity contribution is -0.135. The van der Waals surface area contributed by atoms with Crippen LogP contribution in [0.2, 0.25) is 0 Å². The van der Waals surface area contributed by atoms with E-state index in [1.807, 2.05) is 6.92 Å². The molecule has 0 aromatic heterocycles. The van der Waals surface area contributed by atoms with Gasteiger partial charge in [-0.3, -0.25) is 4.79 Å². The van der Waals surface area contributed by atoms with Crippen LogP contribution < -0.4 is 0 Å². The van der Waals surface area contributed by atoms with Gasteiger partial charge < -0.3 is 4.74 Å². The van der Waals surface area contributed by atoms with Crippen molar-refractivity contribution in [2.24, 2.45) is 5.92 Å².